The molecule has 132 valence electrons. The first-order valence-corrected chi connectivity index (χ1v) is 8.41. The maximum absolute atomic E-state index is 12.6. The average Bonchev–Trinajstić information content (AvgIpc) is 3.22. The molecule has 1 aromatic heterocycles. The second-order valence-corrected chi connectivity index (χ2v) is 6.21. The van der Waals surface area contributed by atoms with Gasteiger partial charge in [-0.2, -0.15) is 5.10 Å². The minimum atomic E-state index is -0.200. The van der Waals surface area contributed by atoms with E-state index in [1.807, 2.05) is 36.7 Å². The van der Waals surface area contributed by atoms with E-state index in [0.717, 1.165) is 22.6 Å². The third-order valence-electron chi connectivity index (χ3n) is 4.43. The number of benzene rings is 2. The fourth-order valence-electron chi connectivity index (χ4n) is 3.01. The highest BCUT2D eigenvalue weighted by Crippen LogP contribution is 2.33. The predicted molar refractivity (Wildman–Crippen MR) is 97.8 cm³/mol. The number of aromatic nitrogens is 2. The van der Waals surface area contributed by atoms with Crippen LogP contribution in [0, 0.1) is 13.8 Å². The molecule has 0 atom stereocenters. The van der Waals surface area contributed by atoms with Gasteiger partial charge in [0.1, 0.15) is 0 Å². The van der Waals surface area contributed by atoms with Crippen molar-refractivity contribution >= 4 is 11.6 Å². The molecular formula is C20H19N3O3. The van der Waals surface area contributed by atoms with E-state index in [2.05, 4.69) is 22.5 Å². The minimum Gasteiger partial charge on any atom is -0.454 e. The smallest absolute Gasteiger partial charge is 0.255 e. The van der Waals surface area contributed by atoms with Crippen molar-refractivity contribution in [3.05, 3.63) is 71.0 Å². The monoisotopic (exact) mass is 349 g/mol. The van der Waals surface area contributed by atoms with Gasteiger partial charge < -0.3 is 14.8 Å². The number of hydrogen-bond acceptors (Lipinski definition) is 4. The first-order valence-electron chi connectivity index (χ1n) is 8.41. The number of ether oxygens (including phenoxy) is 2. The summed E-state index contributed by atoms with van der Waals surface area (Å²) in [6.07, 6.45) is 0. The Bertz CT molecular complexity index is 964. The number of amides is 1. The van der Waals surface area contributed by atoms with Crippen LogP contribution in [0.3, 0.4) is 0 Å². The zero-order chi connectivity index (χ0) is 18.1. The number of aryl methyl sites for hydroxylation is 1. The van der Waals surface area contributed by atoms with Crippen LogP contribution in [0.15, 0.2) is 48.5 Å². The second kappa shape index (κ2) is 6.55. The summed E-state index contributed by atoms with van der Waals surface area (Å²) in [5, 5.41) is 7.54. The van der Waals surface area contributed by atoms with E-state index in [1.54, 1.807) is 18.2 Å². The normalized spacial score (nSPS) is 12.2. The summed E-state index contributed by atoms with van der Waals surface area (Å²) < 4.78 is 12.5. The van der Waals surface area contributed by atoms with E-state index >= 15 is 0 Å². The standard InChI is InChI=1S/C20H19N3O3/c1-13-19(14(2)23(22-13)11-15-6-4-3-5-7-15)21-20(24)16-8-9-17-18(10-16)26-12-25-17/h3-10H,11-12H2,1-2H3,(H,21,24). The fraction of sp³-hybridized carbons (Fsp3) is 0.200. The van der Waals surface area contributed by atoms with Gasteiger partial charge in [0.05, 0.1) is 23.6 Å². The zero-order valence-corrected chi connectivity index (χ0v) is 14.7. The Balaban J connectivity index is 1.55. The van der Waals surface area contributed by atoms with Gasteiger partial charge in [0.2, 0.25) is 6.79 Å². The number of fused-ring (bicyclic) bond motifs is 1. The lowest BCUT2D eigenvalue weighted by atomic mass is 10.2. The highest BCUT2D eigenvalue weighted by molar-refractivity contribution is 6.05. The van der Waals surface area contributed by atoms with Crippen LogP contribution >= 0.6 is 0 Å². The van der Waals surface area contributed by atoms with E-state index in [4.69, 9.17) is 9.47 Å². The van der Waals surface area contributed by atoms with Crippen LogP contribution in [-0.2, 0) is 6.54 Å². The van der Waals surface area contributed by atoms with Gasteiger partial charge in [0, 0.05) is 5.56 Å². The topological polar surface area (TPSA) is 65.4 Å². The molecule has 0 saturated carbocycles. The lowest BCUT2D eigenvalue weighted by molar-refractivity contribution is 0.102. The van der Waals surface area contributed by atoms with Crippen LogP contribution in [0.25, 0.3) is 0 Å². The van der Waals surface area contributed by atoms with Gasteiger partial charge in [-0.15, -0.1) is 0 Å². The molecule has 6 heteroatoms. The summed E-state index contributed by atoms with van der Waals surface area (Å²) in [5.41, 5.74) is 4.12. The number of anilines is 1. The molecule has 1 aliphatic rings. The summed E-state index contributed by atoms with van der Waals surface area (Å²) in [5.74, 6) is 1.05. The van der Waals surface area contributed by atoms with Crippen LogP contribution in [0.5, 0.6) is 11.5 Å². The van der Waals surface area contributed by atoms with Gasteiger partial charge in [-0.1, -0.05) is 30.3 Å². The van der Waals surface area contributed by atoms with Gasteiger partial charge in [-0.25, -0.2) is 0 Å². The molecule has 4 rings (SSSR count). The first kappa shape index (κ1) is 16.2. The summed E-state index contributed by atoms with van der Waals surface area (Å²) in [7, 11) is 0. The summed E-state index contributed by atoms with van der Waals surface area (Å²) in [4.78, 5) is 12.6. The van der Waals surface area contributed by atoms with Crippen LogP contribution < -0.4 is 14.8 Å². The maximum atomic E-state index is 12.6. The SMILES string of the molecule is Cc1nn(Cc2ccccc2)c(C)c1NC(=O)c1ccc2c(c1)OCO2. The first-order chi connectivity index (χ1) is 12.6. The number of rotatable bonds is 4. The van der Waals surface area contributed by atoms with Crippen LogP contribution in [0.4, 0.5) is 5.69 Å². The van der Waals surface area contributed by atoms with Gasteiger partial charge in [-0.3, -0.25) is 9.48 Å². The number of carbonyl (C=O) groups excluding carboxylic acids is 1. The second-order valence-electron chi connectivity index (χ2n) is 6.21. The molecular weight excluding hydrogens is 330 g/mol. The molecule has 0 spiro atoms. The third-order valence-corrected chi connectivity index (χ3v) is 4.43. The van der Waals surface area contributed by atoms with Crippen molar-refractivity contribution in [1.82, 2.24) is 9.78 Å². The van der Waals surface area contributed by atoms with Crippen molar-refractivity contribution in [2.24, 2.45) is 0 Å². The number of hydrogen-bond donors (Lipinski definition) is 1. The van der Waals surface area contributed by atoms with E-state index in [1.165, 1.54) is 0 Å². The van der Waals surface area contributed by atoms with Gasteiger partial charge in [0.25, 0.3) is 5.91 Å². The van der Waals surface area contributed by atoms with Crippen molar-refractivity contribution in [1.29, 1.82) is 0 Å². The summed E-state index contributed by atoms with van der Waals surface area (Å²) in [6, 6.07) is 15.3. The molecule has 0 aliphatic carbocycles. The van der Waals surface area contributed by atoms with E-state index in [9.17, 15) is 4.79 Å². The molecule has 6 nitrogen and oxygen atoms in total. The molecule has 0 saturated heterocycles. The maximum Gasteiger partial charge on any atom is 0.255 e. The van der Waals surface area contributed by atoms with Gasteiger partial charge >= 0.3 is 0 Å². The Morgan fingerprint density at radius 3 is 2.69 bits per heavy atom. The zero-order valence-electron chi connectivity index (χ0n) is 14.7. The van der Waals surface area contributed by atoms with Crippen LogP contribution in [0.2, 0.25) is 0 Å². The predicted octanol–water partition coefficient (Wildman–Crippen LogP) is 3.53. The molecule has 0 fully saturated rings. The highest BCUT2D eigenvalue weighted by atomic mass is 16.7. The van der Waals surface area contributed by atoms with E-state index < -0.39 is 0 Å². The van der Waals surface area contributed by atoms with Crippen molar-refractivity contribution in [2.75, 3.05) is 12.1 Å². The van der Waals surface area contributed by atoms with Crippen molar-refractivity contribution < 1.29 is 14.3 Å². The number of nitrogens with zero attached hydrogens (tertiary/aromatic N) is 2. The Kier molecular flexibility index (Phi) is 4.08. The molecule has 0 bridgehead atoms. The average molecular weight is 349 g/mol. The van der Waals surface area contributed by atoms with Crippen molar-refractivity contribution in [2.45, 2.75) is 20.4 Å². The lowest BCUT2D eigenvalue weighted by Crippen LogP contribution is -2.13. The molecule has 2 heterocycles. The Labute approximate surface area is 151 Å². The molecule has 2 aromatic carbocycles. The minimum absolute atomic E-state index is 0.185. The quantitative estimate of drug-likeness (QED) is 0.782. The number of nitrogens with one attached hydrogen (secondary N) is 1. The van der Waals surface area contributed by atoms with Gasteiger partial charge in [-0.05, 0) is 37.6 Å². The van der Waals surface area contributed by atoms with E-state index in [0.29, 0.717) is 23.6 Å². The van der Waals surface area contributed by atoms with Crippen molar-refractivity contribution in [3.63, 3.8) is 0 Å². The molecule has 1 aliphatic heterocycles. The Morgan fingerprint density at radius 1 is 1.12 bits per heavy atom. The largest absolute Gasteiger partial charge is 0.454 e. The molecule has 0 unspecified atom stereocenters. The Morgan fingerprint density at radius 2 is 1.88 bits per heavy atom. The molecule has 26 heavy (non-hydrogen) atoms. The summed E-state index contributed by atoms with van der Waals surface area (Å²) >= 11 is 0. The number of carbonyl (C=O) groups is 1. The summed E-state index contributed by atoms with van der Waals surface area (Å²) in [6.45, 7) is 4.69. The van der Waals surface area contributed by atoms with E-state index in [-0.39, 0.29) is 12.7 Å². The van der Waals surface area contributed by atoms with Crippen LogP contribution in [-0.4, -0.2) is 22.5 Å². The molecule has 3 aromatic rings. The fourth-order valence-corrected chi connectivity index (χ4v) is 3.01. The highest BCUT2D eigenvalue weighted by Gasteiger charge is 2.19. The Hall–Kier alpha value is -3.28. The third kappa shape index (κ3) is 3.01. The van der Waals surface area contributed by atoms with Crippen LogP contribution in [0.1, 0.15) is 27.3 Å². The van der Waals surface area contributed by atoms with Crippen molar-refractivity contribution in [3.8, 4) is 11.5 Å². The molecule has 1 N–H and O–H groups in total. The molecule has 0 radical (unpaired) electrons. The molecule has 1 amide bonds. The lowest BCUT2D eigenvalue weighted by Gasteiger charge is -2.08. The van der Waals surface area contributed by atoms with Gasteiger partial charge in [0.15, 0.2) is 11.5 Å².